The van der Waals surface area contributed by atoms with Crippen LogP contribution in [0.3, 0.4) is 0 Å². The standard InChI is InChI=1S/C22H22F4N6O5S/c23-15-4-12(3-14(6-15)22(24,25)26)9-32-2-1-18(31-32)20(34)17-8-28-11-29-21(17)30-16-5-13(19(33)7-16)10-37-38(27,35)36/h1-4,6,8,11,13,16,19,33H,5,7,9-10H2,(H2,27,35,36)(H,28,29,30)/t13-,16-,19+/m1/s1. The van der Waals surface area contributed by atoms with Crippen molar-refractivity contribution in [1.82, 2.24) is 19.7 Å². The number of anilines is 1. The van der Waals surface area contributed by atoms with Crippen LogP contribution in [0.15, 0.2) is 43.0 Å². The second-order valence-corrected chi connectivity index (χ2v) is 10.00. The van der Waals surface area contributed by atoms with Crippen LogP contribution < -0.4 is 10.5 Å². The number of hydrogen-bond donors (Lipinski definition) is 3. The lowest BCUT2D eigenvalue weighted by Crippen LogP contribution is -2.24. The van der Waals surface area contributed by atoms with Crippen molar-refractivity contribution in [2.75, 3.05) is 11.9 Å². The first-order valence-electron chi connectivity index (χ1n) is 11.1. The molecule has 1 aliphatic carbocycles. The Morgan fingerprint density at radius 3 is 2.74 bits per heavy atom. The molecule has 16 heteroatoms. The number of alkyl halides is 3. The number of benzene rings is 1. The van der Waals surface area contributed by atoms with Gasteiger partial charge in [0, 0.05) is 24.4 Å². The molecule has 1 fully saturated rings. The van der Waals surface area contributed by atoms with Gasteiger partial charge in [0.2, 0.25) is 5.78 Å². The quantitative estimate of drug-likeness (QED) is 0.263. The zero-order chi connectivity index (χ0) is 27.7. The Labute approximate surface area is 213 Å². The van der Waals surface area contributed by atoms with E-state index in [-0.39, 0.29) is 48.3 Å². The third kappa shape index (κ3) is 6.89. The number of nitrogens with one attached hydrogen (secondary N) is 1. The maximum Gasteiger partial charge on any atom is 0.416 e. The highest BCUT2D eigenvalue weighted by Gasteiger charge is 2.35. The lowest BCUT2D eigenvalue weighted by Gasteiger charge is -2.15. The van der Waals surface area contributed by atoms with Gasteiger partial charge in [-0.2, -0.15) is 26.7 Å². The molecule has 2 heterocycles. The van der Waals surface area contributed by atoms with Crippen LogP contribution in [0.4, 0.5) is 23.4 Å². The monoisotopic (exact) mass is 558 g/mol. The highest BCUT2D eigenvalue weighted by atomic mass is 32.2. The highest BCUT2D eigenvalue weighted by molar-refractivity contribution is 7.84. The van der Waals surface area contributed by atoms with Crippen LogP contribution in [0.2, 0.25) is 0 Å². The summed E-state index contributed by atoms with van der Waals surface area (Å²) in [5, 5.41) is 22.2. The van der Waals surface area contributed by atoms with E-state index in [9.17, 15) is 35.9 Å². The van der Waals surface area contributed by atoms with Gasteiger partial charge in [0.15, 0.2) is 0 Å². The Bertz CT molecular complexity index is 1430. The van der Waals surface area contributed by atoms with E-state index in [1.54, 1.807) is 0 Å². The molecule has 11 nitrogen and oxygen atoms in total. The van der Waals surface area contributed by atoms with Crippen molar-refractivity contribution in [2.24, 2.45) is 11.1 Å². The minimum absolute atomic E-state index is 0.00517. The summed E-state index contributed by atoms with van der Waals surface area (Å²) in [6.07, 6.45) is -1.26. The van der Waals surface area contributed by atoms with Gasteiger partial charge in [-0.3, -0.25) is 13.7 Å². The molecule has 4 rings (SSSR count). The Hall–Kier alpha value is -3.47. The zero-order valence-electron chi connectivity index (χ0n) is 19.5. The summed E-state index contributed by atoms with van der Waals surface area (Å²) >= 11 is 0. The van der Waals surface area contributed by atoms with E-state index < -0.39 is 45.7 Å². The van der Waals surface area contributed by atoms with Gasteiger partial charge < -0.3 is 10.4 Å². The van der Waals surface area contributed by atoms with Gasteiger partial charge in [0.25, 0.3) is 0 Å². The minimum atomic E-state index is -4.72. The molecule has 0 bridgehead atoms. The van der Waals surface area contributed by atoms with Gasteiger partial charge in [-0.05, 0) is 42.7 Å². The van der Waals surface area contributed by atoms with Crippen LogP contribution in [-0.2, 0) is 27.2 Å². The average molecular weight is 559 g/mol. The number of aliphatic hydroxyl groups excluding tert-OH is 1. The Morgan fingerprint density at radius 1 is 1.26 bits per heavy atom. The molecule has 0 saturated heterocycles. The van der Waals surface area contributed by atoms with Crippen LogP contribution in [0.5, 0.6) is 0 Å². The van der Waals surface area contributed by atoms with Crippen molar-refractivity contribution in [3.8, 4) is 0 Å². The van der Waals surface area contributed by atoms with E-state index in [2.05, 4.69) is 24.6 Å². The first kappa shape index (κ1) is 27.6. The molecule has 0 spiro atoms. The molecule has 3 aromatic rings. The predicted octanol–water partition coefficient (Wildman–Crippen LogP) is 1.88. The van der Waals surface area contributed by atoms with Gasteiger partial charge >= 0.3 is 16.5 Å². The number of carbonyl (C=O) groups is 1. The molecular formula is C22H22F4N6O5S. The lowest BCUT2D eigenvalue weighted by atomic mass is 10.1. The normalized spacial score (nSPS) is 20.0. The summed E-state index contributed by atoms with van der Waals surface area (Å²) in [5.41, 5.74) is -1.14. The predicted molar refractivity (Wildman–Crippen MR) is 123 cm³/mol. The van der Waals surface area contributed by atoms with Crippen molar-refractivity contribution in [3.05, 3.63) is 71.2 Å². The molecule has 0 aliphatic heterocycles. The van der Waals surface area contributed by atoms with Gasteiger partial charge in [-0.1, -0.05) is 0 Å². The second kappa shape index (κ2) is 10.7. The van der Waals surface area contributed by atoms with E-state index in [0.717, 1.165) is 12.1 Å². The molecule has 0 unspecified atom stereocenters. The maximum absolute atomic E-state index is 13.7. The number of ketones is 1. The number of aliphatic hydroxyl groups is 1. The molecule has 1 saturated carbocycles. The summed E-state index contributed by atoms with van der Waals surface area (Å²) in [6.45, 7) is -0.520. The van der Waals surface area contributed by atoms with Gasteiger partial charge in [-0.25, -0.2) is 19.5 Å². The average Bonchev–Trinajstić information content (AvgIpc) is 3.42. The lowest BCUT2D eigenvalue weighted by molar-refractivity contribution is -0.137. The fourth-order valence-corrected chi connectivity index (χ4v) is 4.55. The van der Waals surface area contributed by atoms with E-state index in [1.165, 1.54) is 29.5 Å². The van der Waals surface area contributed by atoms with E-state index in [0.29, 0.717) is 12.5 Å². The molecule has 0 radical (unpaired) electrons. The van der Waals surface area contributed by atoms with Crippen LogP contribution >= 0.6 is 0 Å². The molecule has 3 atom stereocenters. The third-order valence-corrected chi connectivity index (χ3v) is 6.37. The van der Waals surface area contributed by atoms with Crippen molar-refractivity contribution < 1.29 is 40.1 Å². The molecule has 0 amide bonds. The molecule has 204 valence electrons. The van der Waals surface area contributed by atoms with Crippen molar-refractivity contribution in [3.63, 3.8) is 0 Å². The van der Waals surface area contributed by atoms with Crippen molar-refractivity contribution >= 4 is 21.9 Å². The van der Waals surface area contributed by atoms with Crippen LogP contribution in [0, 0.1) is 11.7 Å². The first-order valence-corrected chi connectivity index (χ1v) is 12.6. The maximum atomic E-state index is 13.7. The fourth-order valence-electron chi connectivity index (χ4n) is 4.19. The van der Waals surface area contributed by atoms with Crippen molar-refractivity contribution in [2.45, 2.75) is 37.7 Å². The Kier molecular flexibility index (Phi) is 7.78. The van der Waals surface area contributed by atoms with Gasteiger partial charge in [0.05, 0.1) is 30.4 Å². The van der Waals surface area contributed by atoms with Crippen LogP contribution in [0.25, 0.3) is 0 Å². The van der Waals surface area contributed by atoms with Crippen LogP contribution in [-0.4, -0.2) is 57.8 Å². The minimum Gasteiger partial charge on any atom is -0.393 e. The number of rotatable bonds is 9. The summed E-state index contributed by atoms with van der Waals surface area (Å²) in [4.78, 5) is 21.1. The number of nitrogens with zero attached hydrogens (tertiary/aromatic N) is 4. The Balaban J connectivity index is 1.46. The van der Waals surface area contributed by atoms with Crippen LogP contribution in [0.1, 0.15) is 40.0 Å². The molecule has 2 aromatic heterocycles. The number of hydrogen-bond acceptors (Lipinski definition) is 9. The largest absolute Gasteiger partial charge is 0.416 e. The first-order chi connectivity index (χ1) is 17.8. The van der Waals surface area contributed by atoms with Gasteiger partial charge in [0.1, 0.15) is 23.7 Å². The molecule has 38 heavy (non-hydrogen) atoms. The topological polar surface area (TPSA) is 162 Å². The summed E-state index contributed by atoms with van der Waals surface area (Å²) in [5.74, 6) is -2.02. The smallest absolute Gasteiger partial charge is 0.393 e. The highest BCUT2D eigenvalue weighted by Crippen LogP contribution is 2.31. The SMILES string of the molecule is NS(=O)(=O)OC[C@H]1C[C@@H](Nc2ncncc2C(=O)c2ccn(Cc3cc(F)cc(C(F)(F)F)c3)n2)C[C@@H]1O. The van der Waals surface area contributed by atoms with E-state index in [1.807, 2.05) is 0 Å². The molecule has 4 N–H and O–H groups in total. The number of carbonyl (C=O) groups excluding carboxylic acids is 1. The van der Waals surface area contributed by atoms with E-state index >= 15 is 0 Å². The second-order valence-electron chi connectivity index (χ2n) is 8.78. The molecular weight excluding hydrogens is 536 g/mol. The third-order valence-electron chi connectivity index (χ3n) is 5.90. The van der Waals surface area contributed by atoms with Gasteiger partial charge in [-0.15, -0.1) is 0 Å². The Morgan fingerprint density at radius 2 is 2.03 bits per heavy atom. The fraction of sp³-hybridized carbons (Fsp3) is 0.364. The number of aromatic nitrogens is 4. The molecule has 1 aromatic carbocycles. The number of halogens is 4. The summed E-state index contributed by atoms with van der Waals surface area (Å²) in [7, 11) is -4.16. The molecule has 1 aliphatic rings. The van der Waals surface area contributed by atoms with Crippen molar-refractivity contribution in [1.29, 1.82) is 0 Å². The number of nitrogens with two attached hydrogens (primary N) is 1. The summed E-state index contributed by atoms with van der Waals surface area (Å²) in [6, 6.07) is 3.11. The zero-order valence-corrected chi connectivity index (χ0v) is 20.3. The summed E-state index contributed by atoms with van der Waals surface area (Å²) < 4.78 is 80.5. The van der Waals surface area contributed by atoms with E-state index in [4.69, 9.17) is 5.14 Å².